The summed E-state index contributed by atoms with van der Waals surface area (Å²) in [6, 6.07) is -0.652. The Labute approximate surface area is 89.8 Å². The van der Waals surface area contributed by atoms with Crippen LogP contribution in [0.1, 0.15) is 25.7 Å². The first-order valence-electron chi connectivity index (χ1n) is 4.99. The Balaban J connectivity index is 2.50. The summed E-state index contributed by atoms with van der Waals surface area (Å²) in [7, 11) is 0. The molecule has 0 radical (unpaired) electrons. The number of rotatable bonds is 3. The van der Waals surface area contributed by atoms with E-state index >= 15 is 0 Å². The van der Waals surface area contributed by atoms with Crippen LogP contribution in [0.4, 0.5) is 17.6 Å². The third-order valence-electron chi connectivity index (χ3n) is 2.56. The summed E-state index contributed by atoms with van der Waals surface area (Å²) in [5.74, 6) is -6.64. The Kier molecular flexibility index (Phi) is 4.12. The highest BCUT2D eigenvalue weighted by atomic mass is 19.3. The number of aliphatic hydroxyl groups is 1. The fourth-order valence-electron chi connectivity index (χ4n) is 1.68. The van der Waals surface area contributed by atoms with Crippen LogP contribution in [0.15, 0.2) is 0 Å². The zero-order valence-corrected chi connectivity index (χ0v) is 8.43. The normalized spacial score (nSPS) is 26.9. The first-order valence-corrected chi connectivity index (χ1v) is 4.99. The summed E-state index contributed by atoms with van der Waals surface area (Å²) in [4.78, 5) is 10.9. The minimum atomic E-state index is -4.66. The van der Waals surface area contributed by atoms with Crippen molar-refractivity contribution in [2.75, 3.05) is 0 Å². The molecule has 1 saturated carbocycles. The second kappa shape index (κ2) is 4.99. The summed E-state index contributed by atoms with van der Waals surface area (Å²) in [5.41, 5.74) is 0. The molecule has 0 spiro atoms. The molecule has 2 atom stereocenters. The number of hydrogen-bond donors (Lipinski definition) is 2. The summed E-state index contributed by atoms with van der Waals surface area (Å²) in [6.07, 6.45) is -3.02. The van der Waals surface area contributed by atoms with Gasteiger partial charge in [-0.2, -0.15) is 8.78 Å². The maximum Gasteiger partial charge on any atom is 0.383 e. The molecule has 2 unspecified atom stereocenters. The fourth-order valence-corrected chi connectivity index (χ4v) is 1.68. The number of carbonyl (C=O) groups excluding carboxylic acids is 1. The quantitative estimate of drug-likeness (QED) is 0.734. The van der Waals surface area contributed by atoms with E-state index in [9.17, 15) is 27.5 Å². The van der Waals surface area contributed by atoms with E-state index in [1.165, 1.54) is 0 Å². The Morgan fingerprint density at radius 2 is 2.00 bits per heavy atom. The predicted octanol–water partition coefficient (Wildman–Crippen LogP) is 1.31. The molecule has 16 heavy (non-hydrogen) atoms. The van der Waals surface area contributed by atoms with Crippen molar-refractivity contribution in [2.45, 2.75) is 50.2 Å². The van der Waals surface area contributed by atoms with E-state index in [1.807, 2.05) is 5.32 Å². The van der Waals surface area contributed by atoms with Crippen LogP contribution in [-0.2, 0) is 4.79 Å². The summed E-state index contributed by atoms with van der Waals surface area (Å²) >= 11 is 0. The van der Waals surface area contributed by atoms with Crippen LogP contribution in [0.3, 0.4) is 0 Å². The van der Waals surface area contributed by atoms with Gasteiger partial charge >= 0.3 is 12.3 Å². The Bertz CT molecular complexity index is 260. The van der Waals surface area contributed by atoms with Crippen LogP contribution in [0.2, 0.25) is 0 Å². The van der Waals surface area contributed by atoms with E-state index in [1.54, 1.807) is 0 Å². The summed E-state index contributed by atoms with van der Waals surface area (Å²) in [5, 5.41) is 11.1. The van der Waals surface area contributed by atoms with Crippen LogP contribution in [-0.4, -0.2) is 35.5 Å². The molecular weight excluding hydrogens is 230 g/mol. The Morgan fingerprint density at radius 1 is 1.38 bits per heavy atom. The van der Waals surface area contributed by atoms with Crippen LogP contribution in [0, 0.1) is 0 Å². The average Bonchev–Trinajstić information content (AvgIpc) is 2.17. The first-order chi connectivity index (χ1) is 7.34. The van der Waals surface area contributed by atoms with Gasteiger partial charge < -0.3 is 10.4 Å². The smallest absolute Gasteiger partial charge is 0.383 e. The molecule has 1 aliphatic rings. The Hall–Kier alpha value is -0.850. The van der Waals surface area contributed by atoms with Gasteiger partial charge in [-0.15, -0.1) is 0 Å². The molecule has 2 N–H and O–H groups in total. The molecule has 3 nitrogen and oxygen atoms in total. The molecule has 1 fully saturated rings. The molecule has 0 aromatic rings. The van der Waals surface area contributed by atoms with Gasteiger partial charge in [0.1, 0.15) is 0 Å². The minimum absolute atomic E-state index is 0.130. The van der Waals surface area contributed by atoms with Crippen LogP contribution in [0.25, 0.3) is 0 Å². The number of alkyl halides is 4. The van der Waals surface area contributed by atoms with E-state index in [-0.39, 0.29) is 6.42 Å². The lowest BCUT2D eigenvalue weighted by Gasteiger charge is -2.28. The average molecular weight is 243 g/mol. The highest BCUT2D eigenvalue weighted by Crippen LogP contribution is 2.25. The molecule has 0 saturated heterocycles. The van der Waals surface area contributed by atoms with Crippen molar-refractivity contribution in [3.05, 3.63) is 0 Å². The fraction of sp³-hybridized carbons (Fsp3) is 0.889. The lowest BCUT2D eigenvalue weighted by Crippen LogP contribution is -2.50. The third-order valence-corrected chi connectivity index (χ3v) is 2.56. The van der Waals surface area contributed by atoms with Crippen molar-refractivity contribution in [1.29, 1.82) is 0 Å². The van der Waals surface area contributed by atoms with Crippen molar-refractivity contribution >= 4 is 5.91 Å². The van der Waals surface area contributed by atoms with E-state index < -0.39 is 30.4 Å². The maximum absolute atomic E-state index is 12.6. The molecule has 0 aliphatic heterocycles. The molecule has 1 aliphatic carbocycles. The van der Waals surface area contributed by atoms with Gasteiger partial charge in [-0.1, -0.05) is 0 Å². The molecule has 0 aromatic heterocycles. The predicted molar refractivity (Wildman–Crippen MR) is 47.4 cm³/mol. The molecule has 94 valence electrons. The number of aliphatic hydroxyl groups excluding tert-OH is 1. The van der Waals surface area contributed by atoms with Crippen LogP contribution < -0.4 is 5.32 Å². The SMILES string of the molecule is O=C(NC1CCCC(O)C1)C(F)(F)C(F)F. The first kappa shape index (κ1) is 13.2. The van der Waals surface area contributed by atoms with Gasteiger partial charge in [0.2, 0.25) is 0 Å². The number of nitrogens with one attached hydrogen (secondary N) is 1. The van der Waals surface area contributed by atoms with Crippen molar-refractivity contribution in [2.24, 2.45) is 0 Å². The second-order valence-electron chi connectivity index (χ2n) is 3.91. The highest BCUT2D eigenvalue weighted by Gasteiger charge is 2.49. The standard InChI is InChI=1S/C9H13F4NO2/c10-7(11)9(12,13)8(16)14-5-2-1-3-6(15)4-5/h5-7,15H,1-4H2,(H,14,16). The molecular formula is C9H13F4NO2. The Morgan fingerprint density at radius 3 is 2.50 bits per heavy atom. The van der Waals surface area contributed by atoms with Gasteiger partial charge in [0.05, 0.1) is 6.10 Å². The number of hydrogen-bond acceptors (Lipinski definition) is 2. The lowest BCUT2D eigenvalue weighted by molar-refractivity contribution is -0.170. The van der Waals surface area contributed by atoms with E-state index in [0.29, 0.717) is 19.3 Å². The van der Waals surface area contributed by atoms with Crippen molar-refractivity contribution in [1.82, 2.24) is 5.32 Å². The molecule has 1 amide bonds. The highest BCUT2D eigenvalue weighted by molar-refractivity contribution is 5.84. The van der Waals surface area contributed by atoms with Gasteiger partial charge in [-0.3, -0.25) is 4.79 Å². The monoisotopic (exact) mass is 243 g/mol. The van der Waals surface area contributed by atoms with E-state index in [0.717, 1.165) is 0 Å². The zero-order chi connectivity index (χ0) is 12.3. The molecule has 1 rings (SSSR count). The molecule has 0 heterocycles. The lowest BCUT2D eigenvalue weighted by atomic mass is 9.93. The number of carbonyl (C=O) groups is 1. The number of halogens is 4. The molecule has 0 bridgehead atoms. The van der Waals surface area contributed by atoms with Gasteiger partial charge in [0, 0.05) is 6.04 Å². The topological polar surface area (TPSA) is 49.3 Å². The minimum Gasteiger partial charge on any atom is -0.393 e. The van der Waals surface area contributed by atoms with Gasteiger partial charge in [-0.25, -0.2) is 8.78 Å². The largest absolute Gasteiger partial charge is 0.393 e. The summed E-state index contributed by atoms with van der Waals surface area (Å²) in [6.45, 7) is 0. The molecule has 0 aromatic carbocycles. The van der Waals surface area contributed by atoms with E-state index in [2.05, 4.69) is 0 Å². The van der Waals surface area contributed by atoms with Crippen molar-refractivity contribution in [3.8, 4) is 0 Å². The van der Waals surface area contributed by atoms with Crippen molar-refractivity contribution in [3.63, 3.8) is 0 Å². The van der Waals surface area contributed by atoms with Crippen molar-refractivity contribution < 1.29 is 27.5 Å². The van der Waals surface area contributed by atoms with Crippen LogP contribution in [0.5, 0.6) is 0 Å². The number of amides is 1. The second-order valence-corrected chi connectivity index (χ2v) is 3.91. The third kappa shape index (κ3) is 3.07. The van der Waals surface area contributed by atoms with Gasteiger partial charge in [-0.05, 0) is 25.7 Å². The zero-order valence-electron chi connectivity index (χ0n) is 8.43. The molecule has 7 heteroatoms. The van der Waals surface area contributed by atoms with E-state index in [4.69, 9.17) is 0 Å². The van der Waals surface area contributed by atoms with Gasteiger partial charge in [0.25, 0.3) is 5.91 Å². The maximum atomic E-state index is 12.6. The van der Waals surface area contributed by atoms with Gasteiger partial charge in [0.15, 0.2) is 0 Å². The summed E-state index contributed by atoms with van der Waals surface area (Å²) < 4.78 is 48.8. The van der Waals surface area contributed by atoms with Crippen LogP contribution >= 0.6 is 0 Å².